The molecule has 0 radical (unpaired) electrons. The summed E-state index contributed by atoms with van der Waals surface area (Å²) in [6.07, 6.45) is 3.00. The lowest BCUT2D eigenvalue weighted by molar-refractivity contribution is 0.0577. The van der Waals surface area contributed by atoms with Gasteiger partial charge in [0.15, 0.2) is 5.78 Å². The number of carbonyl (C=O) groups excluding carboxylic acids is 2. The van der Waals surface area contributed by atoms with E-state index in [4.69, 9.17) is 9.47 Å². The molecule has 0 aliphatic heterocycles. The van der Waals surface area contributed by atoms with E-state index in [1.165, 1.54) is 13.2 Å². The maximum Gasteiger partial charge on any atom is 0.344 e. The number of ketones is 1. The number of alkyl halides is 1. The molecule has 1 fully saturated rings. The second-order valence-electron chi connectivity index (χ2n) is 4.39. The van der Waals surface area contributed by atoms with Gasteiger partial charge in [0.05, 0.1) is 12.4 Å². The average molecular weight is 407 g/mol. The Balaban J connectivity index is 2.48. The quantitative estimate of drug-likeness (QED) is 0.325. The van der Waals surface area contributed by atoms with Crippen LogP contribution in [0.2, 0.25) is 0 Å². The van der Waals surface area contributed by atoms with Crippen molar-refractivity contribution in [2.24, 2.45) is 0 Å². The summed E-state index contributed by atoms with van der Waals surface area (Å²) < 4.78 is 10.9. The SMILES string of the molecule is COC(=O)c1c(C(=O)CBr)cc(Br)nc1OC1CCC1. The summed E-state index contributed by atoms with van der Waals surface area (Å²) in [5, 5.41) is 0.107. The Hall–Kier alpha value is -0.950. The van der Waals surface area contributed by atoms with E-state index in [0.717, 1.165) is 19.3 Å². The van der Waals surface area contributed by atoms with E-state index in [1.54, 1.807) is 0 Å². The van der Waals surface area contributed by atoms with E-state index in [-0.39, 0.29) is 34.2 Å². The van der Waals surface area contributed by atoms with Crippen LogP contribution in [0, 0.1) is 0 Å². The molecule has 0 unspecified atom stereocenters. The monoisotopic (exact) mass is 405 g/mol. The Morgan fingerprint density at radius 2 is 2.15 bits per heavy atom. The minimum atomic E-state index is -0.622. The minimum absolute atomic E-state index is 0.0483. The summed E-state index contributed by atoms with van der Waals surface area (Å²) in [7, 11) is 1.26. The molecular formula is C13H13Br2NO4. The molecule has 5 nitrogen and oxygen atoms in total. The molecule has 0 spiro atoms. The third-order valence-electron chi connectivity index (χ3n) is 3.10. The summed E-state index contributed by atoms with van der Waals surface area (Å²) in [5.74, 6) is -0.698. The van der Waals surface area contributed by atoms with E-state index in [0.29, 0.717) is 4.60 Å². The molecule has 1 aliphatic rings. The molecule has 2 rings (SSSR count). The van der Waals surface area contributed by atoms with Crippen molar-refractivity contribution in [1.82, 2.24) is 4.98 Å². The molecule has 0 N–H and O–H groups in total. The van der Waals surface area contributed by atoms with E-state index in [1.807, 2.05) is 0 Å². The van der Waals surface area contributed by atoms with E-state index < -0.39 is 5.97 Å². The van der Waals surface area contributed by atoms with E-state index in [9.17, 15) is 9.59 Å². The average Bonchev–Trinajstić information content (AvgIpc) is 2.40. The standard InChI is InChI=1S/C13H13Br2NO4/c1-19-13(18)11-8(9(17)6-14)5-10(15)16-12(11)20-7-3-2-4-7/h5,7H,2-4,6H2,1H3. The first-order valence-corrected chi connectivity index (χ1v) is 8.03. The van der Waals surface area contributed by atoms with Crippen molar-refractivity contribution in [1.29, 1.82) is 0 Å². The predicted octanol–water partition coefficient (Wildman–Crippen LogP) is 3.14. The molecule has 20 heavy (non-hydrogen) atoms. The third kappa shape index (κ3) is 3.20. The number of aromatic nitrogens is 1. The van der Waals surface area contributed by atoms with Crippen LogP contribution in [0.25, 0.3) is 0 Å². The van der Waals surface area contributed by atoms with Crippen LogP contribution in [-0.2, 0) is 4.74 Å². The van der Waals surface area contributed by atoms with Gasteiger partial charge in [-0.1, -0.05) is 15.9 Å². The summed E-state index contributed by atoms with van der Waals surface area (Å²) in [5.41, 5.74) is 0.331. The molecule has 0 bridgehead atoms. The molecule has 1 heterocycles. The number of pyridine rings is 1. The zero-order chi connectivity index (χ0) is 14.7. The van der Waals surface area contributed by atoms with E-state index >= 15 is 0 Å². The maximum atomic E-state index is 12.0. The zero-order valence-electron chi connectivity index (χ0n) is 10.8. The predicted molar refractivity (Wildman–Crippen MR) is 79.7 cm³/mol. The number of ether oxygens (including phenoxy) is 2. The number of methoxy groups -OCH3 is 1. The van der Waals surface area contributed by atoms with Crippen LogP contribution in [0.15, 0.2) is 10.7 Å². The van der Waals surface area contributed by atoms with Crippen LogP contribution in [-0.4, -0.2) is 35.3 Å². The van der Waals surface area contributed by atoms with Gasteiger partial charge < -0.3 is 9.47 Å². The van der Waals surface area contributed by atoms with Gasteiger partial charge in [0.1, 0.15) is 16.3 Å². The molecule has 108 valence electrons. The number of hydrogen-bond acceptors (Lipinski definition) is 5. The molecule has 1 aliphatic carbocycles. The molecule has 7 heteroatoms. The summed E-state index contributed by atoms with van der Waals surface area (Å²) >= 11 is 6.34. The van der Waals surface area contributed by atoms with Crippen LogP contribution >= 0.6 is 31.9 Å². The van der Waals surface area contributed by atoms with Crippen LogP contribution in [0.3, 0.4) is 0 Å². The molecule has 0 aromatic carbocycles. The lowest BCUT2D eigenvalue weighted by Crippen LogP contribution is -2.27. The first kappa shape index (κ1) is 15.4. The fourth-order valence-electron chi connectivity index (χ4n) is 1.81. The van der Waals surface area contributed by atoms with Crippen molar-refractivity contribution in [3.05, 3.63) is 21.8 Å². The van der Waals surface area contributed by atoms with E-state index in [2.05, 4.69) is 36.8 Å². The van der Waals surface area contributed by atoms with Crippen molar-refractivity contribution >= 4 is 43.6 Å². The van der Waals surface area contributed by atoms with Crippen molar-refractivity contribution < 1.29 is 19.1 Å². The lowest BCUT2D eigenvalue weighted by atomic mass is 9.96. The Morgan fingerprint density at radius 3 is 2.65 bits per heavy atom. The number of Topliss-reactive ketones (excluding diaryl/α,β-unsaturated/α-hetero) is 1. The van der Waals surface area contributed by atoms with Crippen molar-refractivity contribution in [2.75, 3.05) is 12.4 Å². The van der Waals surface area contributed by atoms with Crippen molar-refractivity contribution in [2.45, 2.75) is 25.4 Å². The molecule has 1 saturated carbocycles. The van der Waals surface area contributed by atoms with Crippen molar-refractivity contribution in [3.8, 4) is 5.88 Å². The number of halogens is 2. The fourth-order valence-corrected chi connectivity index (χ4v) is 2.51. The third-order valence-corrected chi connectivity index (χ3v) is 4.01. The Labute approximate surface area is 133 Å². The first-order valence-electron chi connectivity index (χ1n) is 6.11. The highest BCUT2D eigenvalue weighted by molar-refractivity contribution is 9.10. The minimum Gasteiger partial charge on any atom is -0.474 e. The Bertz CT molecular complexity index is 543. The molecule has 1 aromatic heterocycles. The van der Waals surface area contributed by atoms with Gasteiger partial charge in [0, 0.05) is 5.56 Å². The van der Waals surface area contributed by atoms with Crippen LogP contribution in [0.1, 0.15) is 40.0 Å². The number of rotatable bonds is 5. The molecule has 0 amide bonds. The lowest BCUT2D eigenvalue weighted by Gasteiger charge is -2.26. The number of hydrogen-bond donors (Lipinski definition) is 0. The van der Waals surface area contributed by atoms with Gasteiger partial charge in [-0.05, 0) is 41.3 Å². The topological polar surface area (TPSA) is 65.5 Å². The van der Waals surface area contributed by atoms with Crippen molar-refractivity contribution in [3.63, 3.8) is 0 Å². The number of carbonyl (C=O) groups is 2. The highest BCUT2D eigenvalue weighted by Gasteiger charge is 2.28. The molecule has 0 atom stereocenters. The highest BCUT2D eigenvalue weighted by atomic mass is 79.9. The van der Waals surface area contributed by atoms with Crippen LogP contribution < -0.4 is 4.74 Å². The van der Waals surface area contributed by atoms with Gasteiger partial charge in [0.2, 0.25) is 5.88 Å². The van der Waals surface area contributed by atoms with Crippen LogP contribution in [0.5, 0.6) is 5.88 Å². The normalized spacial score (nSPS) is 14.6. The number of esters is 1. The zero-order valence-corrected chi connectivity index (χ0v) is 14.0. The summed E-state index contributed by atoms with van der Waals surface area (Å²) in [4.78, 5) is 28.1. The largest absolute Gasteiger partial charge is 0.474 e. The second-order valence-corrected chi connectivity index (χ2v) is 5.77. The maximum absolute atomic E-state index is 12.0. The molecule has 0 saturated heterocycles. The Kier molecular flexibility index (Phi) is 5.15. The molecule has 1 aromatic rings. The second kappa shape index (κ2) is 6.67. The van der Waals surface area contributed by atoms with Gasteiger partial charge in [-0.15, -0.1) is 0 Å². The molecular weight excluding hydrogens is 394 g/mol. The smallest absolute Gasteiger partial charge is 0.344 e. The van der Waals surface area contributed by atoms with Gasteiger partial charge in [-0.25, -0.2) is 9.78 Å². The number of nitrogens with zero attached hydrogens (tertiary/aromatic N) is 1. The first-order chi connectivity index (χ1) is 9.56. The van der Waals surface area contributed by atoms with Gasteiger partial charge in [-0.2, -0.15) is 0 Å². The van der Waals surface area contributed by atoms with Crippen LogP contribution in [0.4, 0.5) is 0 Å². The fraction of sp³-hybridized carbons (Fsp3) is 0.462. The summed E-state index contributed by atoms with van der Waals surface area (Å²) in [6.45, 7) is 0. The Morgan fingerprint density at radius 1 is 1.45 bits per heavy atom. The highest BCUT2D eigenvalue weighted by Crippen LogP contribution is 2.30. The van der Waals surface area contributed by atoms with Gasteiger partial charge in [-0.3, -0.25) is 4.79 Å². The van der Waals surface area contributed by atoms with Gasteiger partial charge in [0.25, 0.3) is 0 Å². The van der Waals surface area contributed by atoms with Gasteiger partial charge >= 0.3 is 5.97 Å². The summed E-state index contributed by atoms with van der Waals surface area (Å²) in [6, 6.07) is 1.50.